The molecule has 2 aliphatic heterocycles. The van der Waals surface area contributed by atoms with Crippen LogP contribution in [0.15, 0.2) is 29.6 Å². The topological polar surface area (TPSA) is 71.5 Å². The van der Waals surface area contributed by atoms with Gasteiger partial charge in [0.2, 0.25) is 11.8 Å². The van der Waals surface area contributed by atoms with Crippen molar-refractivity contribution < 1.29 is 14.3 Å². The zero-order valence-corrected chi connectivity index (χ0v) is 17.1. The summed E-state index contributed by atoms with van der Waals surface area (Å²) in [4.78, 5) is 31.3. The fourth-order valence-electron chi connectivity index (χ4n) is 3.99. The Morgan fingerprint density at radius 2 is 2.04 bits per heavy atom. The van der Waals surface area contributed by atoms with E-state index < -0.39 is 0 Å². The Morgan fingerprint density at radius 1 is 1.29 bits per heavy atom. The molecule has 1 spiro atoms. The second-order valence-electron chi connectivity index (χ2n) is 7.85. The number of carbonyl (C=O) groups excluding carboxylic acids is 2. The van der Waals surface area contributed by atoms with Gasteiger partial charge in [-0.1, -0.05) is 32.0 Å². The molecule has 0 unspecified atom stereocenters. The van der Waals surface area contributed by atoms with Crippen molar-refractivity contribution in [1.82, 2.24) is 4.98 Å². The van der Waals surface area contributed by atoms with E-state index >= 15 is 0 Å². The van der Waals surface area contributed by atoms with Gasteiger partial charge in [-0.3, -0.25) is 9.59 Å². The number of hydrogen-bond donors (Lipinski definition) is 1. The van der Waals surface area contributed by atoms with Crippen molar-refractivity contribution in [2.24, 2.45) is 5.92 Å². The van der Waals surface area contributed by atoms with Gasteiger partial charge in [0.15, 0.2) is 5.13 Å². The number of carbonyl (C=O) groups is 2. The number of benzene rings is 1. The monoisotopic (exact) mass is 399 g/mol. The minimum absolute atomic E-state index is 0.00295. The number of rotatable bonds is 4. The van der Waals surface area contributed by atoms with Gasteiger partial charge in [-0.2, -0.15) is 0 Å². The van der Waals surface area contributed by atoms with E-state index in [4.69, 9.17) is 4.74 Å². The Kier molecular flexibility index (Phi) is 5.21. The number of ether oxygens (including phenoxy) is 1. The van der Waals surface area contributed by atoms with Gasteiger partial charge < -0.3 is 15.0 Å². The van der Waals surface area contributed by atoms with Crippen LogP contribution in [-0.4, -0.2) is 36.6 Å². The molecule has 6 nitrogen and oxygen atoms in total. The van der Waals surface area contributed by atoms with E-state index in [1.165, 1.54) is 16.9 Å². The first-order chi connectivity index (χ1) is 13.5. The van der Waals surface area contributed by atoms with E-state index in [0.717, 1.165) is 31.7 Å². The first-order valence-corrected chi connectivity index (χ1v) is 10.6. The van der Waals surface area contributed by atoms with Gasteiger partial charge >= 0.3 is 0 Å². The second kappa shape index (κ2) is 7.64. The van der Waals surface area contributed by atoms with E-state index in [1.54, 1.807) is 0 Å². The summed E-state index contributed by atoms with van der Waals surface area (Å²) in [5.74, 6) is -0.129. The van der Waals surface area contributed by atoms with E-state index in [0.29, 0.717) is 17.4 Å². The van der Waals surface area contributed by atoms with Crippen LogP contribution in [0.25, 0.3) is 0 Å². The maximum atomic E-state index is 13.1. The number of aromatic nitrogens is 1. The predicted octanol–water partition coefficient (Wildman–Crippen LogP) is 3.38. The highest BCUT2D eigenvalue weighted by Gasteiger charge is 2.45. The number of nitrogens with zero attached hydrogens (tertiary/aromatic N) is 2. The van der Waals surface area contributed by atoms with E-state index in [-0.39, 0.29) is 29.6 Å². The lowest BCUT2D eigenvalue weighted by Crippen LogP contribution is -2.41. The first kappa shape index (κ1) is 19.1. The van der Waals surface area contributed by atoms with Crippen molar-refractivity contribution in [3.63, 3.8) is 0 Å². The molecule has 1 N–H and O–H groups in total. The molecule has 4 rings (SSSR count). The number of nitrogens with one attached hydrogen (secondary N) is 1. The zero-order valence-electron chi connectivity index (χ0n) is 16.2. The van der Waals surface area contributed by atoms with Gasteiger partial charge in [0, 0.05) is 42.2 Å². The molecule has 1 saturated heterocycles. The molecule has 2 aromatic rings. The standard InChI is InChI=1S/C21H25N3O3S/c1-14(2)19(26)23-20-22-15(12-28-20)11-18(25)24-13-21(7-9-27-10-8-21)16-5-3-4-6-17(16)24/h3-6,12,14H,7-11,13H2,1-2H3,(H,22,23,26). The number of fused-ring (bicyclic) bond motifs is 2. The molecule has 28 heavy (non-hydrogen) atoms. The Hall–Kier alpha value is -2.25. The molecular weight excluding hydrogens is 374 g/mol. The van der Waals surface area contributed by atoms with Crippen LogP contribution in [0.2, 0.25) is 0 Å². The zero-order chi connectivity index (χ0) is 19.7. The lowest BCUT2D eigenvalue weighted by molar-refractivity contribution is -0.119. The van der Waals surface area contributed by atoms with Gasteiger partial charge in [0.1, 0.15) is 0 Å². The van der Waals surface area contributed by atoms with Gasteiger partial charge in [-0.15, -0.1) is 11.3 Å². The largest absolute Gasteiger partial charge is 0.381 e. The third-order valence-electron chi connectivity index (χ3n) is 5.62. The minimum atomic E-state index is -0.106. The number of anilines is 2. The van der Waals surface area contributed by atoms with E-state index in [9.17, 15) is 9.59 Å². The molecule has 1 aromatic carbocycles. The molecule has 3 heterocycles. The molecule has 1 aromatic heterocycles. The SMILES string of the molecule is CC(C)C(=O)Nc1nc(CC(=O)N2CC3(CCOCC3)c3ccccc32)cs1. The smallest absolute Gasteiger partial charge is 0.233 e. The number of para-hydroxylation sites is 1. The van der Waals surface area contributed by atoms with E-state index in [1.807, 2.05) is 42.3 Å². The van der Waals surface area contributed by atoms with Crippen molar-refractivity contribution in [1.29, 1.82) is 0 Å². The maximum absolute atomic E-state index is 13.1. The van der Waals surface area contributed by atoms with Crippen molar-refractivity contribution in [2.45, 2.75) is 38.5 Å². The third kappa shape index (κ3) is 3.56. The van der Waals surface area contributed by atoms with E-state index in [2.05, 4.69) is 16.4 Å². The molecule has 2 aliphatic rings. The van der Waals surface area contributed by atoms with Crippen molar-refractivity contribution in [2.75, 3.05) is 30.0 Å². The molecule has 148 valence electrons. The van der Waals surface area contributed by atoms with Gasteiger partial charge in [-0.05, 0) is 24.5 Å². The third-order valence-corrected chi connectivity index (χ3v) is 6.42. The van der Waals surface area contributed by atoms with Crippen LogP contribution in [-0.2, 0) is 26.2 Å². The van der Waals surface area contributed by atoms with Gasteiger partial charge in [0.05, 0.1) is 12.1 Å². The van der Waals surface area contributed by atoms with Crippen molar-refractivity contribution >= 4 is 34.0 Å². The Bertz CT molecular complexity index is 887. The quantitative estimate of drug-likeness (QED) is 0.856. The average Bonchev–Trinajstić information content (AvgIpc) is 3.25. The van der Waals surface area contributed by atoms with Gasteiger partial charge in [0.25, 0.3) is 0 Å². The molecule has 1 fully saturated rings. The minimum Gasteiger partial charge on any atom is -0.381 e. The maximum Gasteiger partial charge on any atom is 0.233 e. The van der Waals surface area contributed by atoms with Crippen molar-refractivity contribution in [3.8, 4) is 0 Å². The summed E-state index contributed by atoms with van der Waals surface area (Å²) in [5, 5.41) is 5.19. The van der Waals surface area contributed by atoms with Crippen LogP contribution in [0.4, 0.5) is 10.8 Å². The Labute approximate surface area is 168 Å². The average molecular weight is 400 g/mol. The Balaban J connectivity index is 1.50. The highest BCUT2D eigenvalue weighted by atomic mass is 32.1. The summed E-state index contributed by atoms with van der Waals surface area (Å²) in [6.45, 7) is 5.85. The first-order valence-electron chi connectivity index (χ1n) is 9.71. The predicted molar refractivity (Wildman–Crippen MR) is 110 cm³/mol. The lowest BCUT2D eigenvalue weighted by Gasteiger charge is -2.34. The molecule has 2 amide bonds. The van der Waals surface area contributed by atoms with Crippen LogP contribution in [0.1, 0.15) is 37.9 Å². The summed E-state index contributed by atoms with van der Waals surface area (Å²) in [5.41, 5.74) is 2.97. The summed E-state index contributed by atoms with van der Waals surface area (Å²) >= 11 is 1.36. The molecule has 0 saturated carbocycles. The van der Waals surface area contributed by atoms with Crippen molar-refractivity contribution in [3.05, 3.63) is 40.9 Å². The lowest BCUT2D eigenvalue weighted by atomic mass is 9.76. The molecule has 7 heteroatoms. The summed E-state index contributed by atoms with van der Waals surface area (Å²) in [6, 6.07) is 8.22. The molecule has 0 aliphatic carbocycles. The van der Waals surface area contributed by atoms with Crippen LogP contribution < -0.4 is 10.2 Å². The summed E-state index contributed by atoms with van der Waals surface area (Å²) < 4.78 is 5.57. The molecule has 0 bridgehead atoms. The normalized spacial score (nSPS) is 17.8. The Morgan fingerprint density at radius 3 is 2.79 bits per heavy atom. The van der Waals surface area contributed by atoms with Crippen LogP contribution >= 0.6 is 11.3 Å². The molecule has 0 radical (unpaired) electrons. The number of thiazole rings is 1. The summed E-state index contributed by atoms with van der Waals surface area (Å²) in [6.07, 6.45) is 2.11. The second-order valence-corrected chi connectivity index (χ2v) is 8.71. The summed E-state index contributed by atoms with van der Waals surface area (Å²) in [7, 11) is 0. The van der Waals surface area contributed by atoms with Crippen LogP contribution in [0.3, 0.4) is 0 Å². The van der Waals surface area contributed by atoms with Gasteiger partial charge in [-0.25, -0.2) is 4.98 Å². The highest BCUT2D eigenvalue weighted by molar-refractivity contribution is 7.13. The highest BCUT2D eigenvalue weighted by Crippen LogP contribution is 2.46. The molecule has 0 atom stereocenters. The number of amides is 2. The molecular formula is C21H25N3O3S. The van der Waals surface area contributed by atoms with Crippen LogP contribution in [0, 0.1) is 5.92 Å². The fourth-order valence-corrected chi connectivity index (χ4v) is 4.70. The van der Waals surface area contributed by atoms with Crippen LogP contribution in [0.5, 0.6) is 0 Å². The number of hydrogen-bond acceptors (Lipinski definition) is 5. The fraction of sp³-hybridized carbons (Fsp3) is 0.476.